The smallest absolute Gasteiger partial charge is 0.0622 e. The maximum absolute atomic E-state index is 5.55. The molecule has 2 aromatic heterocycles. The molecular weight excluding hydrogens is 286 g/mol. The Kier molecular flexibility index (Phi) is 6.23. The second-order valence-electron chi connectivity index (χ2n) is 5.17. The van der Waals surface area contributed by atoms with E-state index in [0.29, 0.717) is 12.0 Å². The topological polar surface area (TPSA) is 21.3 Å². The molecule has 0 bridgehead atoms. The van der Waals surface area contributed by atoms with Crippen molar-refractivity contribution in [1.82, 2.24) is 5.32 Å². The van der Waals surface area contributed by atoms with Gasteiger partial charge < -0.3 is 10.1 Å². The van der Waals surface area contributed by atoms with Crippen LogP contribution < -0.4 is 5.32 Å². The number of rotatable bonds is 8. The van der Waals surface area contributed by atoms with Crippen molar-refractivity contribution in [3.05, 3.63) is 33.8 Å². The van der Waals surface area contributed by atoms with Gasteiger partial charge in [-0.2, -0.15) is 0 Å². The summed E-state index contributed by atoms with van der Waals surface area (Å²) in [4.78, 5) is 2.73. The van der Waals surface area contributed by atoms with Crippen LogP contribution >= 0.6 is 22.7 Å². The molecule has 20 heavy (non-hydrogen) atoms. The summed E-state index contributed by atoms with van der Waals surface area (Å²) in [7, 11) is 0. The summed E-state index contributed by atoms with van der Waals surface area (Å²) in [6.45, 7) is 9.02. The molecule has 0 amide bonds. The number of hydrogen-bond acceptors (Lipinski definition) is 4. The number of nitrogens with one attached hydrogen (secondary N) is 1. The minimum atomic E-state index is 0.419. The fraction of sp³-hybridized carbons (Fsp3) is 0.500. The van der Waals surface area contributed by atoms with E-state index in [4.69, 9.17) is 4.74 Å². The molecule has 0 aliphatic rings. The van der Waals surface area contributed by atoms with E-state index in [1.165, 1.54) is 15.3 Å². The molecule has 1 atom stereocenters. The van der Waals surface area contributed by atoms with Gasteiger partial charge in [0.2, 0.25) is 0 Å². The lowest BCUT2D eigenvalue weighted by Gasteiger charge is -2.21. The lowest BCUT2D eigenvalue weighted by atomic mass is 10.1. The number of thiophene rings is 2. The van der Waals surface area contributed by atoms with E-state index in [2.05, 4.69) is 48.1 Å². The van der Waals surface area contributed by atoms with Crippen molar-refractivity contribution in [1.29, 1.82) is 0 Å². The van der Waals surface area contributed by atoms with Gasteiger partial charge in [-0.1, -0.05) is 19.9 Å². The van der Waals surface area contributed by atoms with Crippen molar-refractivity contribution in [3.63, 3.8) is 0 Å². The summed E-state index contributed by atoms with van der Waals surface area (Å²) in [6, 6.07) is 6.99. The monoisotopic (exact) mass is 309 g/mol. The van der Waals surface area contributed by atoms with Gasteiger partial charge in [0.05, 0.1) is 6.61 Å². The summed E-state index contributed by atoms with van der Waals surface area (Å²) in [5.41, 5.74) is 1.34. The summed E-state index contributed by atoms with van der Waals surface area (Å²) >= 11 is 3.62. The Labute approximate surface area is 129 Å². The van der Waals surface area contributed by atoms with Crippen molar-refractivity contribution in [2.45, 2.75) is 33.4 Å². The Morgan fingerprint density at radius 1 is 1.30 bits per heavy atom. The maximum Gasteiger partial charge on any atom is 0.0622 e. The zero-order valence-corrected chi connectivity index (χ0v) is 14.0. The molecule has 4 heteroatoms. The van der Waals surface area contributed by atoms with Crippen molar-refractivity contribution < 1.29 is 4.74 Å². The van der Waals surface area contributed by atoms with Gasteiger partial charge in [0.25, 0.3) is 0 Å². The van der Waals surface area contributed by atoms with Gasteiger partial charge in [-0.3, -0.25) is 0 Å². The Balaban J connectivity index is 1.89. The predicted molar refractivity (Wildman–Crippen MR) is 89.6 cm³/mol. The Hall–Kier alpha value is -0.680. The quantitative estimate of drug-likeness (QED) is 0.768. The summed E-state index contributed by atoms with van der Waals surface area (Å²) in [5, 5.41) is 7.99. The highest BCUT2D eigenvalue weighted by Gasteiger charge is 2.13. The SMILES string of the molecule is CCOCC(NCc1cc(-c2cccs2)cs1)C(C)C. The van der Waals surface area contributed by atoms with Crippen LogP contribution in [0, 0.1) is 5.92 Å². The normalized spacial score (nSPS) is 13.0. The number of hydrogen-bond donors (Lipinski definition) is 1. The fourth-order valence-corrected chi connectivity index (χ4v) is 3.63. The minimum absolute atomic E-state index is 0.419. The Morgan fingerprint density at radius 2 is 2.15 bits per heavy atom. The molecule has 1 N–H and O–H groups in total. The third kappa shape index (κ3) is 4.42. The molecule has 0 saturated carbocycles. The average Bonchev–Trinajstić information content (AvgIpc) is 3.09. The van der Waals surface area contributed by atoms with Crippen LogP contribution in [0.4, 0.5) is 0 Å². The standard InChI is InChI=1S/C16H23NOS2/c1-4-18-10-15(12(2)3)17-9-14-8-13(11-20-14)16-6-5-7-19-16/h5-8,11-12,15,17H,4,9-10H2,1-3H3. The summed E-state index contributed by atoms with van der Waals surface area (Å²) in [6.07, 6.45) is 0. The lowest BCUT2D eigenvalue weighted by Crippen LogP contribution is -2.37. The van der Waals surface area contributed by atoms with Gasteiger partial charge in [0.15, 0.2) is 0 Å². The molecule has 2 aromatic rings. The zero-order chi connectivity index (χ0) is 14.4. The van der Waals surface area contributed by atoms with Gasteiger partial charge in [0, 0.05) is 34.5 Å². The van der Waals surface area contributed by atoms with Crippen molar-refractivity contribution in [2.24, 2.45) is 5.92 Å². The second kappa shape index (κ2) is 7.93. The van der Waals surface area contributed by atoms with E-state index in [0.717, 1.165) is 19.8 Å². The van der Waals surface area contributed by atoms with E-state index < -0.39 is 0 Å². The average molecular weight is 310 g/mol. The van der Waals surface area contributed by atoms with E-state index in [1.54, 1.807) is 11.3 Å². The maximum atomic E-state index is 5.55. The largest absolute Gasteiger partial charge is 0.380 e. The molecule has 0 aromatic carbocycles. The van der Waals surface area contributed by atoms with Crippen LogP contribution in [-0.2, 0) is 11.3 Å². The molecule has 1 unspecified atom stereocenters. The van der Waals surface area contributed by atoms with Crippen LogP contribution in [0.5, 0.6) is 0 Å². The van der Waals surface area contributed by atoms with Gasteiger partial charge in [0.1, 0.15) is 0 Å². The van der Waals surface area contributed by atoms with Gasteiger partial charge in [-0.25, -0.2) is 0 Å². The first-order valence-corrected chi connectivity index (χ1v) is 8.89. The highest BCUT2D eigenvalue weighted by atomic mass is 32.1. The fourth-order valence-electron chi connectivity index (χ4n) is 2.01. The molecule has 2 nitrogen and oxygen atoms in total. The minimum Gasteiger partial charge on any atom is -0.380 e. The van der Waals surface area contributed by atoms with Crippen LogP contribution in [0.25, 0.3) is 10.4 Å². The van der Waals surface area contributed by atoms with Crippen LogP contribution in [0.15, 0.2) is 29.0 Å². The van der Waals surface area contributed by atoms with E-state index in [9.17, 15) is 0 Å². The molecule has 0 aliphatic heterocycles. The molecule has 0 saturated heterocycles. The van der Waals surface area contributed by atoms with Gasteiger partial charge in [-0.05, 0) is 35.7 Å². The second-order valence-corrected chi connectivity index (χ2v) is 7.11. The molecule has 110 valence electrons. The summed E-state index contributed by atoms with van der Waals surface area (Å²) < 4.78 is 5.55. The van der Waals surface area contributed by atoms with Crippen LogP contribution in [0.3, 0.4) is 0 Å². The van der Waals surface area contributed by atoms with E-state index >= 15 is 0 Å². The zero-order valence-electron chi connectivity index (χ0n) is 12.4. The third-order valence-corrected chi connectivity index (χ3v) is 5.16. The molecule has 0 fully saturated rings. The summed E-state index contributed by atoms with van der Waals surface area (Å²) in [5.74, 6) is 0.582. The first-order chi connectivity index (χ1) is 9.70. The van der Waals surface area contributed by atoms with Crippen molar-refractivity contribution >= 4 is 22.7 Å². The van der Waals surface area contributed by atoms with Crippen LogP contribution in [0.2, 0.25) is 0 Å². The highest BCUT2D eigenvalue weighted by molar-refractivity contribution is 7.14. The lowest BCUT2D eigenvalue weighted by molar-refractivity contribution is 0.108. The number of ether oxygens (including phenoxy) is 1. The molecule has 0 spiro atoms. The van der Waals surface area contributed by atoms with Gasteiger partial charge >= 0.3 is 0 Å². The molecule has 2 heterocycles. The molecule has 0 radical (unpaired) electrons. The van der Waals surface area contributed by atoms with E-state index in [-0.39, 0.29) is 0 Å². The van der Waals surface area contributed by atoms with Crippen molar-refractivity contribution in [2.75, 3.05) is 13.2 Å². The molecular formula is C16H23NOS2. The molecule has 0 aliphatic carbocycles. The first-order valence-electron chi connectivity index (χ1n) is 7.13. The van der Waals surface area contributed by atoms with E-state index in [1.807, 2.05) is 18.3 Å². The Morgan fingerprint density at radius 3 is 2.80 bits per heavy atom. The van der Waals surface area contributed by atoms with Crippen molar-refractivity contribution in [3.8, 4) is 10.4 Å². The van der Waals surface area contributed by atoms with Crippen LogP contribution in [-0.4, -0.2) is 19.3 Å². The Bertz CT molecular complexity index is 490. The first kappa shape index (κ1) is 15.7. The third-order valence-electron chi connectivity index (χ3n) is 3.30. The van der Waals surface area contributed by atoms with Crippen LogP contribution in [0.1, 0.15) is 25.6 Å². The molecule has 2 rings (SSSR count). The highest BCUT2D eigenvalue weighted by Crippen LogP contribution is 2.29. The predicted octanol–water partition coefficient (Wildman–Crippen LogP) is 4.63. The van der Waals surface area contributed by atoms with Gasteiger partial charge in [-0.15, -0.1) is 22.7 Å².